The van der Waals surface area contributed by atoms with Crippen molar-refractivity contribution < 1.29 is 23.9 Å². The Morgan fingerprint density at radius 2 is 1.91 bits per heavy atom. The molecule has 0 saturated heterocycles. The first-order valence-corrected chi connectivity index (χ1v) is 7.65. The van der Waals surface area contributed by atoms with E-state index in [1.54, 1.807) is 0 Å². The van der Waals surface area contributed by atoms with E-state index in [1.807, 2.05) is 30.3 Å². The fourth-order valence-corrected chi connectivity index (χ4v) is 2.20. The third kappa shape index (κ3) is 6.10. The van der Waals surface area contributed by atoms with Gasteiger partial charge in [0.1, 0.15) is 18.4 Å². The van der Waals surface area contributed by atoms with Crippen molar-refractivity contribution in [1.29, 1.82) is 0 Å². The van der Waals surface area contributed by atoms with Gasteiger partial charge in [0.25, 0.3) is 0 Å². The van der Waals surface area contributed by atoms with Gasteiger partial charge in [0, 0.05) is 12.8 Å². The van der Waals surface area contributed by atoms with E-state index in [1.165, 1.54) is 7.11 Å². The minimum Gasteiger partial charge on any atom is -0.467 e. The Labute approximate surface area is 135 Å². The summed E-state index contributed by atoms with van der Waals surface area (Å²) in [5.41, 5.74) is 0.835. The van der Waals surface area contributed by atoms with E-state index < -0.39 is 18.1 Å². The summed E-state index contributed by atoms with van der Waals surface area (Å²) in [5, 5.41) is 2.41. The minimum atomic E-state index is -1.01. The molecule has 0 bridgehead atoms. The van der Waals surface area contributed by atoms with Gasteiger partial charge in [-0.3, -0.25) is 4.79 Å². The van der Waals surface area contributed by atoms with E-state index in [9.17, 15) is 14.4 Å². The molecule has 0 aliphatic heterocycles. The van der Waals surface area contributed by atoms with Gasteiger partial charge in [0.05, 0.1) is 7.11 Å². The first-order chi connectivity index (χ1) is 11.1. The number of methoxy groups -OCH3 is 1. The number of Topliss-reactive ketones (excluding diaryl/α,β-unsaturated/α-hetero) is 1. The molecule has 2 rings (SSSR count). The van der Waals surface area contributed by atoms with Crippen molar-refractivity contribution in [2.75, 3.05) is 7.11 Å². The fraction of sp³-hybridized carbons (Fsp3) is 0.471. The molecule has 1 atom stereocenters. The molecule has 6 nitrogen and oxygen atoms in total. The Hall–Kier alpha value is -2.37. The molecule has 1 N–H and O–H groups in total. The molecule has 0 heterocycles. The highest BCUT2D eigenvalue weighted by Crippen LogP contribution is 2.32. The molecule has 6 heteroatoms. The van der Waals surface area contributed by atoms with E-state index in [2.05, 4.69) is 10.1 Å². The number of hydrogen-bond donors (Lipinski definition) is 1. The van der Waals surface area contributed by atoms with Crippen LogP contribution in [0, 0.1) is 5.92 Å². The van der Waals surface area contributed by atoms with Gasteiger partial charge in [-0.1, -0.05) is 30.3 Å². The highest BCUT2D eigenvalue weighted by Gasteiger charge is 2.29. The van der Waals surface area contributed by atoms with Gasteiger partial charge in [-0.25, -0.2) is 9.59 Å². The SMILES string of the molecule is COC(=O)[C@H](CC(=O)CC1CC1)NC(=O)OCc1ccccc1. The smallest absolute Gasteiger partial charge is 0.408 e. The first-order valence-electron chi connectivity index (χ1n) is 7.65. The van der Waals surface area contributed by atoms with Gasteiger partial charge in [-0.2, -0.15) is 0 Å². The molecule has 1 aromatic carbocycles. The Morgan fingerprint density at radius 1 is 1.22 bits per heavy atom. The zero-order chi connectivity index (χ0) is 16.7. The number of amides is 1. The average molecular weight is 319 g/mol. The lowest BCUT2D eigenvalue weighted by molar-refractivity contribution is -0.144. The summed E-state index contributed by atoms with van der Waals surface area (Å²) in [4.78, 5) is 35.4. The topological polar surface area (TPSA) is 81.7 Å². The van der Waals surface area contributed by atoms with Gasteiger partial charge in [-0.05, 0) is 24.3 Å². The lowest BCUT2D eigenvalue weighted by Crippen LogP contribution is -2.43. The van der Waals surface area contributed by atoms with Crippen molar-refractivity contribution in [3.63, 3.8) is 0 Å². The largest absolute Gasteiger partial charge is 0.467 e. The Bertz CT molecular complexity index is 553. The number of hydrogen-bond acceptors (Lipinski definition) is 5. The van der Waals surface area contributed by atoms with E-state index in [-0.39, 0.29) is 18.8 Å². The second-order valence-electron chi connectivity index (χ2n) is 5.67. The monoisotopic (exact) mass is 319 g/mol. The molecule has 0 unspecified atom stereocenters. The maximum absolute atomic E-state index is 11.9. The number of carbonyl (C=O) groups is 3. The van der Waals surface area contributed by atoms with Gasteiger partial charge in [0.15, 0.2) is 0 Å². The van der Waals surface area contributed by atoms with Crippen LogP contribution in [0.5, 0.6) is 0 Å². The number of carbonyl (C=O) groups excluding carboxylic acids is 3. The number of nitrogens with one attached hydrogen (secondary N) is 1. The molecule has 1 aliphatic carbocycles. The van der Waals surface area contributed by atoms with E-state index >= 15 is 0 Å². The highest BCUT2D eigenvalue weighted by atomic mass is 16.6. The maximum atomic E-state index is 11.9. The maximum Gasteiger partial charge on any atom is 0.408 e. The zero-order valence-electron chi connectivity index (χ0n) is 13.1. The van der Waals surface area contributed by atoms with Gasteiger partial charge in [-0.15, -0.1) is 0 Å². The van der Waals surface area contributed by atoms with Crippen LogP contribution in [0.3, 0.4) is 0 Å². The van der Waals surface area contributed by atoms with Crippen LogP contribution < -0.4 is 5.32 Å². The third-order valence-corrected chi connectivity index (χ3v) is 3.64. The van der Waals surface area contributed by atoms with Gasteiger partial charge >= 0.3 is 12.1 Å². The van der Waals surface area contributed by atoms with Crippen LogP contribution in [-0.2, 0) is 25.7 Å². The molecule has 124 valence electrons. The average Bonchev–Trinajstić information content (AvgIpc) is 3.36. The summed E-state index contributed by atoms with van der Waals surface area (Å²) in [6, 6.07) is 8.18. The summed E-state index contributed by atoms with van der Waals surface area (Å²) >= 11 is 0. The number of benzene rings is 1. The second kappa shape index (κ2) is 8.31. The van der Waals surface area contributed by atoms with Crippen LogP contribution >= 0.6 is 0 Å². The van der Waals surface area contributed by atoms with E-state index in [0.717, 1.165) is 18.4 Å². The van der Waals surface area contributed by atoms with Crippen molar-refractivity contribution in [3.8, 4) is 0 Å². The summed E-state index contributed by atoms with van der Waals surface area (Å²) in [7, 11) is 1.22. The quantitative estimate of drug-likeness (QED) is 0.743. The van der Waals surface area contributed by atoms with Crippen molar-refractivity contribution in [2.24, 2.45) is 5.92 Å². The lowest BCUT2D eigenvalue weighted by atomic mass is 10.1. The number of alkyl carbamates (subject to hydrolysis) is 1. The summed E-state index contributed by atoms with van der Waals surface area (Å²) in [6.45, 7) is 0.0938. The minimum absolute atomic E-state index is 0.0498. The molecule has 0 spiro atoms. The van der Waals surface area contributed by atoms with Crippen molar-refractivity contribution in [1.82, 2.24) is 5.32 Å². The predicted octanol–water partition coefficient (Wildman–Crippen LogP) is 2.21. The van der Waals surface area contributed by atoms with Gasteiger partial charge in [0.2, 0.25) is 0 Å². The summed E-state index contributed by atoms with van der Waals surface area (Å²) in [6.07, 6.45) is 1.75. The molecule has 0 aromatic heterocycles. The number of ketones is 1. The van der Waals surface area contributed by atoms with E-state index in [4.69, 9.17) is 4.74 Å². The van der Waals surface area contributed by atoms with Crippen LogP contribution in [0.1, 0.15) is 31.2 Å². The van der Waals surface area contributed by atoms with Crippen molar-refractivity contribution in [3.05, 3.63) is 35.9 Å². The predicted molar refractivity (Wildman–Crippen MR) is 82.5 cm³/mol. The lowest BCUT2D eigenvalue weighted by Gasteiger charge is -2.15. The Morgan fingerprint density at radius 3 is 2.52 bits per heavy atom. The molecule has 23 heavy (non-hydrogen) atoms. The molecular formula is C17H21NO5. The standard InChI is InChI=1S/C17H21NO5/c1-22-16(20)15(10-14(19)9-12-7-8-12)18-17(21)23-11-13-5-3-2-4-6-13/h2-6,12,15H,7-11H2,1H3,(H,18,21)/t15-/m0/s1. The van der Waals surface area contributed by atoms with Crippen LogP contribution in [0.25, 0.3) is 0 Å². The second-order valence-corrected chi connectivity index (χ2v) is 5.67. The zero-order valence-corrected chi connectivity index (χ0v) is 13.1. The van der Waals surface area contributed by atoms with Crippen LogP contribution in [0.2, 0.25) is 0 Å². The molecular weight excluding hydrogens is 298 g/mol. The number of rotatable bonds is 8. The van der Waals surface area contributed by atoms with Crippen LogP contribution in [0.15, 0.2) is 30.3 Å². The summed E-state index contributed by atoms with van der Waals surface area (Å²) in [5.74, 6) is -0.261. The Kier molecular flexibility index (Phi) is 6.14. The molecule has 1 saturated carbocycles. The number of esters is 1. The Balaban J connectivity index is 1.82. The molecule has 0 radical (unpaired) electrons. The fourth-order valence-electron chi connectivity index (χ4n) is 2.20. The van der Waals surface area contributed by atoms with Crippen molar-refractivity contribution in [2.45, 2.75) is 38.3 Å². The molecule has 1 aliphatic rings. The van der Waals surface area contributed by atoms with Crippen LogP contribution in [0.4, 0.5) is 4.79 Å². The molecule has 1 aromatic rings. The number of ether oxygens (including phenoxy) is 2. The van der Waals surface area contributed by atoms with Crippen molar-refractivity contribution >= 4 is 17.8 Å². The van der Waals surface area contributed by atoms with Gasteiger partial charge < -0.3 is 14.8 Å². The third-order valence-electron chi connectivity index (χ3n) is 3.64. The molecule has 1 amide bonds. The normalized spacial score (nSPS) is 14.7. The highest BCUT2D eigenvalue weighted by molar-refractivity contribution is 5.89. The first kappa shape index (κ1) is 17.0. The van der Waals surface area contributed by atoms with E-state index in [0.29, 0.717) is 12.3 Å². The van der Waals surface area contributed by atoms with Crippen LogP contribution in [-0.4, -0.2) is 31.0 Å². The summed E-state index contributed by atoms with van der Waals surface area (Å²) < 4.78 is 9.70. The molecule has 1 fully saturated rings.